The summed E-state index contributed by atoms with van der Waals surface area (Å²) in [6, 6.07) is 6.96. The molecule has 1 aromatic carbocycles. The van der Waals surface area contributed by atoms with Crippen molar-refractivity contribution < 1.29 is 14.7 Å². The van der Waals surface area contributed by atoms with Crippen LogP contribution in [0.15, 0.2) is 24.3 Å². The highest BCUT2D eigenvalue weighted by molar-refractivity contribution is 6.30. The molecule has 1 aliphatic rings. The van der Waals surface area contributed by atoms with Gasteiger partial charge in [-0.3, -0.25) is 9.59 Å². The molecular weight excluding hydrogens is 327 g/mol. The van der Waals surface area contributed by atoms with Gasteiger partial charge in [-0.2, -0.15) is 0 Å². The maximum atomic E-state index is 12.4. The van der Waals surface area contributed by atoms with E-state index in [0.29, 0.717) is 36.8 Å². The summed E-state index contributed by atoms with van der Waals surface area (Å²) in [5, 5.41) is 9.28. The first-order valence-corrected chi connectivity index (χ1v) is 7.43. The number of hydrogen-bond acceptors (Lipinski definition) is 3. The number of carboxylic acid groups (broad SMARTS) is 1. The second kappa shape index (κ2) is 8.98. The lowest BCUT2D eigenvalue weighted by Crippen LogP contribution is -2.35. The minimum Gasteiger partial charge on any atom is -0.481 e. The summed E-state index contributed by atoms with van der Waals surface area (Å²) in [7, 11) is 0. The van der Waals surface area contributed by atoms with Gasteiger partial charge in [0.05, 0.1) is 6.42 Å². The molecule has 1 heterocycles. The molecule has 5 nitrogen and oxygen atoms in total. The molecule has 7 heteroatoms. The van der Waals surface area contributed by atoms with Crippen molar-refractivity contribution in [2.24, 2.45) is 0 Å². The molecule has 0 bridgehead atoms. The maximum Gasteiger partial charge on any atom is 0.304 e. The third kappa shape index (κ3) is 5.48. The third-order valence-electron chi connectivity index (χ3n) is 3.59. The summed E-state index contributed by atoms with van der Waals surface area (Å²) in [6.07, 6.45) is 0.994. The van der Waals surface area contributed by atoms with Crippen LogP contribution in [-0.4, -0.2) is 59.5 Å². The van der Waals surface area contributed by atoms with Gasteiger partial charge in [-0.15, -0.1) is 12.4 Å². The van der Waals surface area contributed by atoms with Gasteiger partial charge in [0.15, 0.2) is 0 Å². The summed E-state index contributed by atoms with van der Waals surface area (Å²) in [4.78, 5) is 27.0. The molecule has 0 aromatic heterocycles. The SMILES string of the molecule is Cl.O=C(O)CCN1CCCN(C(=O)c2cccc(Cl)c2)CC1. The Morgan fingerprint density at radius 3 is 2.64 bits per heavy atom. The molecule has 1 fully saturated rings. The first-order chi connectivity index (χ1) is 10.1. The fourth-order valence-corrected chi connectivity index (χ4v) is 2.65. The normalized spacial score (nSPS) is 15.8. The van der Waals surface area contributed by atoms with Crippen LogP contribution in [-0.2, 0) is 4.79 Å². The van der Waals surface area contributed by atoms with E-state index in [4.69, 9.17) is 16.7 Å². The molecule has 1 saturated heterocycles. The van der Waals surface area contributed by atoms with Crippen LogP contribution in [0.2, 0.25) is 5.02 Å². The number of aliphatic carboxylic acids is 1. The number of carbonyl (C=O) groups is 2. The number of nitrogens with zero attached hydrogens (tertiary/aromatic N) is 2. The van der Waals surface area contributed by atoms with Crippen LogP contribution in [0.5, 0.6) is 0 Å². The summed E-state index contributed by atoms with van der Waals surface area (Å²) in [6.45, 7) is 3.38. The molecule has 22 heavy (non-hydrogen) atoms. The smallest absolute Gasteiger partial charge is 0.304 e. The van der Waals surface area contributed by atoms with Crippen molar-refractivity contribution in [1.29, 1.82) is 0 Å². The maximum absolute atomic E-state index is 12.4. The third-order valence-corrected chi connectivity index (χ3v) is 3.82. The van der Waals surface area contributed by atoms with Gasteiger partial charge in [0, 0.05) is 36.8 Å². The van der Waals surface area contributed by atoms with E-state index in [-0.39, 0.29) is 24.7 Å². The lowest BCUT2D eigenvalue weighted by Gasteiger charge is -2.21. The van der Waals surface area contributed by atoms with Crippen molar-refractivity contribution in [2.45, 2.75) is 12.8 Å². The van der Waals surface area contributed by atoms with E-state index in [9.17, 15) is 9.59 Å². The number of carboxylic acids is 1. The fourth-order valence-electron chi connectivity index (χ4n) is 2.46. The zero-order chi connectivity index (χ0) is 15.2. The molecule has 1 aromatic rings. The molecule has 2 rings (SSSR count). The Morgan fingerprint density at radius 2 is 1.95 bits per heavy atom. The van der Waals surface area contributed by atoms with Gasteiger partial charge >= 0.3 is 5.97 Å². The number of rotatable bonds is 4. The molecule has 0 atom stereocenters. The van der Waals surface area contributed by atoms with Gasteiger partial charge in [0.2, 0.25) is 0 Å². The minimum absolute atomic E-state index is 0. The highest BCUT2D eigenvalue weighted by atomic mass is 35.5. The molecule has 0 radical (unpaired) electrons. The first-order valence-electron chi connectivity index (χ1n) is 7.05. The van der Waals surface area contributed by atoms with Crippen molar-refractivity contribution in [3.05, 3.63) is 34.9 Å². The van der Waals surface area contributed by atoms with E-state index in [1.165, 1.54) is 0 Å². The van der Waals surface area contributed by atoms with E-state index >= 15 is 0 Å². The molecule has 1 amide bonds. The Morgan fingerprint density at radius 1 is 1.18 bits per heavy atom. The number of carbonyl (C=O) groups excluding carboxylic acids is 1. The minimum atomic E-state index is -0.786. The number of amides is 1. The molecule has 0 unspecified atom stereocenters. The zero-order valence-corrected chi connectivity index (χ0v) is 13.8. The summed E-state index contributed by atoms with van der Waals surface area (Å²) in [5.41, 5.74) is 0.599. The molecule has 0 saturated carbocycles. The fraction of sp³-hybridized carbons (Fsp3) is 0.467. The molecular formula is C15H20Cl2N2O3. The van der Waals surface area contributed by atoms with E-state index < -0.39 is 5.97 Å². The van der Waals surface area contributed by atoms with E-state index in [1.54, 1.807) is 24.3 Å². The van der Waals surface area contributed by atoms with Crippen molar-refractivity contribution in [1.82, 2.24) is 9.80 Å². The second-order valence-corrected chi connectivity index (χ2v) is 5.58. The number of halogens is 2. The Balaban J connectivity index is 0.00000242. The van der Waals surface area contributed by atoms with Crippen molar-refractivity contribution in [3.63, 3.8) is 0 Å². The molecule has 1 aliphatic heterocycles. The lowest BCUT2D eigenvalue weighted by molar-refractivity contribution is -0.137. The van der Waals surface area contributed by atoms with Gasteiger partial charge < -0.3 is 14.9 Å². The quantitative estimate of drug-likeness (QED) is 0.909. The Hall–Kier alpha value is -1.30. The van der Waals surface area contributed by atoms with Gasteiger partial charge in [0.25, 0.3) is 5.91 Å². The summed E-state index contributed by atoms with van der Waals surface area (Å²) < 4.78 is 0. The number of benzene rings is 1. The summed E-state index contributed by atoms with van der Waals surface area (Å²) in [5.74, 6) is -0.802. The highest BCUT2D eigenvalue weighted by Crippen LogP contribution is 2.14. The van der Waals surface area contributed by atoms with E-state index in [1.807, 2.05) is 4.90 Å². The lowest BCUT2D eigenvalue weighted by atomic mass is 10.2. The van der Waals surface area contributed by atoms with Crippen LogP contribution in [0, 0.1) is 0 Å². The second-order valence-electron chi connectivity index (χ2n) is 5.14. The molecule has 0 aliphatic carbocycles. The zero-order valence-electron chi connectivity index (χ0n) is 12.2. The van der Waals surface area contributed by atoms with Gasteiger partial charge in [-0.25, -0.2) is 0 Å². The van der Waals surface area contributed by atoms with Gasteiger partial charge in [0.1, 0.15) is 0 Å². The van der Waals surface area contributed by atoms with Crippen LogP contribution >= 0.6 is 24.0 Å². The summed E-state index contributed by atoms with van der Waals surface area (Å²) >= 11 is 5.92. The average Bonchev–Trinajstić information content (AvgIpc) is 2.70. The van der Waals surface area contributed by atoms with Crippen LogP contribution in [0.4, 0.5) is 0 Å². The van der Waals surface area contributed by atoms with Gasteiger partial charge in [-0.05, 0) is 31.2 Å². The monoisotopic (exact) mass is 346 g/mol. The topological polar surface area (TPSA) is 60.9 Å². The molecule has 122 valence electrons. The first kappa shape index (κ1) is 18.7. The predicted octanol–water partition coefficient (Wildman–Crippen LogP) is 2.38. The van der Waals surface area contributed by atoms with Crippen LogP contribution < -0.4 is 0 Å². The Kier molecular flexibility index (Phi) is 7.65. The highest BCUT2D eigenvalue weighted by Gasteiger charge is 2.20. The number of hydrogen-bond donors (Lipinski definition) is 1. The molecule has 1 N–H and O–H groups in total. The standard InChI is InChI=1S/C15H19ClN2O3.ClH/c16-13-4-1-3-12(11-13)15(21)18-7-2-6-17(9-10-18)8-5-14(19)20;/h1,3-4,11H,2,5-10H2,(H,19,20);1H. The largest absolute Gasteiger partial charge is 0.481 e. The Bertz CT molecular complexity index is 525. The van der Waals surface area contributed by atoms with E-state index in [2.05, 4.69) is 4.90 Å². The molecule has 0 spiro atoms. The van der Waals surface area contributed by atoms with Gasteiger partial charge in [-0.1, -0.05) is 17.7 Å². The van der Waals surface area contributed by atoms with Crippen LogP contribution in [0.1, 0.15) is 23.2 Å². The van der Waals surface area contributed by atoms with Crippen molar-refractivity contribution in [3.8, 4) is 0 Å². The van der Waals surface area contributed by atoms with Crippen molar-refractivity contribution in [2.75, 3.05) is 32.7 Å². The van der Waals surface area contributed by atoms with E-state index in [0.717, 1.165) is 13.0 Å². The average molecular weight is 347 g/mol. The Labute approximate surface area is 141 Å². The van der Waals surface area contributed by atoms with Crippen LogP contribution in [0.3, 0.4) is 0 Å². The van der Waals surface area contributed by atoms with Crippen LogP contribution in [0.25, 0.3) is 0 Å². The van der Waals surface area contributed by atoms with Crippen molar-refractivity contribution >= 4 is 35.9 Å². The predicted molar refractivity (Wildman–Crippen MR) is 87.9 cm³/mol.